The van der Waals surface area contributed by atoms with Crippen LogP contribution in [0.3, 0.4) is 0 Å². The van der Waals surface area contributed by atoms with Crippen molar-refractivity contribution >= 4 is 5.91 Å². The lowest BCUT2D eigenvalue weighted by atomic mass is 10.4. The summed E-state index contributed by atoms with van der Waals surface area (Å²) >= 11 is 0. The largest absolute Gasteiger partial charge is 0.379 e. The van der Waals surface area contributed by atoms with Crippen LogP contribution in [0, 0.1) is 0 Å². The van der Waals surface area contributed by atoms with Crippen LogP contribution in [0.15, 0.2) is 0 Å². The number of hydrogen-bond donors (Lipinski definition) is 2. The summed E-state index contributed by atoms with van der Waals surface area (Å²) in [6, 6.07) is 0. The number of hydrogen-bond acceptors (Lipinski definition) is 4. The van der Waals surface area contributed by atoms with Crippen LogP contribution in [-0.2, 0) is 9.53 Å². The molecule has 0 aromatic heterocycles. The van der Waals surface area contributed by atoms with E-state index in [1.807, 2.05) is 25.7 Å². The monoisotopic (exact) mass is 245 g/mol. The van der Waals surface area contributed by atoms with E-state index in [4.69, 9.17) is 10.5 Å². The first-order valence-electron chi connectivity index (χ1n) is 6.40. The van der Waals surface area contributed by atoms with Gasteiger partial charge in [0, 0.05) is 26.2 Å². The second-order valence-electron chi connectivity index (χ2n) is 4.28. The molecule has 0 aliphatic rings. The highest BCUT2D eigenvalue weighted by molar-refractivity contribution is 5.77. The molecule has 0 rings (SSSR count). The fourth-order valence-electron chi connectivity index (χ4n) is 1.41. The minimum atomic E-state index is 0.0600. The fourth-order valence-corrected chi connectivity index (χ4v) is 1.41. The summed E-state index contributed by atoms with van der Waals surface area (Å²) in [5.41, 5.74) is 5.46. The molecule has 0 bridgehead atoms. The standard InChI is InChI=1S/C12H27N3O2/c1-4-15(8-6-13)10-12(16)14-7-5-9-17-11(2)3/h11H,4-10,13H2,1-3H3,(H,14,16). The lowest BCUT2D eigenvalue weighted by Gasteiger charge is -2.18. The maximum atomic E-state index is 11.5. The molecule has 0 heterocycles. The molecule has 0 aliphatic heterocycles. The third-order valence-corrected chi connectivity index (χ3v) is 2.35. The molecule has 0 radical (unpaired) electrons. The van der Waals surface area contributed by atoms with Gasteiger partial charge >= 0.3 is 0 Å². The van der Waals surface area contributed by atoms with Gasteiger partial charge in [-0.2, -0.15) is 0 Å². The van der Waals surface area contributed by atoms with Crippen LogP contribution in [0.2, 0.25) is 0 Å². The summed E-state index contributed by atoms with van der Waals surface area (Å²) in [6.45, 7) is 10.0. The van der Waals surface area contributed by atoms with Crippen LogP contribution in [-0.4, -0.2) is 56.2 Å². The van der Waals surface area contributed by atoms with E-state index in [0.29, 0.717) is 26.2 Å². The Morgan fingerprint density at radius 3 is 2.71 bits per heavy atom. The third-order valence-electron chi connectivity index (χ3n) is 2.35. The molecule has 0 aromatic rings. The van der Waals surface area contributed by atoms with Crippen LogP contribution < -0.4 is 11.1 Å². The SMILES string of the molecule is CCN(CCN)CC(=O)NCCCOC(C)C. The topological polar surface area (TPSA) is 67.6 Å². The second-order valence-corrected chi connectivity index (χ2v) is 4.28. The van der Waals surface area contributed by atoms with Crippen molar-refractivity contribution in [3.63, 3.8) is 0 Å². The molecule has 0 spiro atoms. The predicted octanol–water partition coefficient (Wildman–Crippen LogP) is 0.198. The van der Waals surface area contributed by atoms with E-state index in [-0.39, 0.29) is 12.0 Å². The van der Waals surface area contributed by atoms with Crippen molar-refractivity contribution in [2.75, 3.05) is 39.3 Å². The van der Waals surface area contributed by atoms with Gasteiger partial charge in [0.05, 0.1) is 12.6 Å². The van der Waals surface area contributed by atoms with E-state index in [1.165, 1.54) is 0 Å². The zero-order chi connectivity index (χ0) is 13.1. The number of amides is 1. The molecular formula is C12H27N3O2. The fraction of sp³-hybridized carbons (Fsp3) is 0.917. The zero-order valence-electron chi connectivity index (χ0n) is 11.4. The number of likely N-dealkylation sites (N-methyl/N-ethyl adjacent to an activating group) is 1. The summed E-state index contributed by atoms with van der Waals surface area (Å²) < 4.78 is 5.39. The molecule has 0 aliphatic carbocycles. The highest BCUT2D eigenvalue weighted by Crippen LogP contribution is 1.90. The number of ether oxygens (including phenoxy) is 1. The summed E-state index contributed by atoms with van der Waals surface area (Å²) in [6.07, 6.45) is 1.11. The van der Waals surface area contributed by atoms with E-state index in [2.05, 4.69) is 5.32 Å². The number of nitrogens with zero attached hydrogens (tertiary/aromatic N) is 1. The summed E-state index contributed by atoms with van der Waals surface area (Å²) in [5.74, 6) is 0.0600. The quantitative estimate of drug-likeness (QED) is 0.540. The van der Waals surface area contributed by atoms with E-state index < -0.39 is 0 Å². The van der Waals surface area contributed by atoms with Crippen molar-refractivity contribution in [2.45, 2.75) is 33.3 Å². The zero-order valence-corrected chi connectivity index (χ0v) is 11.4. The molecular weight excluding hydrogens is 218 g/mol. The molecule has 0 fully saturated rings. The Bertz CT molecular complexity index is 198. The van der Waals surface area contributed by atoms with Crippen LogP contribution in [0.1, 0.15) is 27.2 Å². The summed E-state index contributed by atoms with van der Waals surface area (Å²) in [5, 5.41) is 2.88. The van der Waals surface area contributed by atoms with Crippen molar-refractivity contribution in [1.82, 2.24) is 10.2 Å². The Labute approximate surface area is 105 Å². The summed E-state index contributed by atoms with van der Waals surface area (Å²) in [4.78, 5) is 13.6. The van der Waals surface area contributed by atoms with Gasteiger partial charge in [-0.05, 0) is 26.8 Å². The van der Waals surface area contributed by atoms with Crippen molar-refractivity contribution in [3.05, 3.63) is 0 Å². The lowest BCUT2D eigenvalue weighted by molar-refractivity contribution is -0.122. The number of nitrogens with one attached hydrogen (secondary N) is 1. The molecule has 0 aromatic carbocycles. The molecule has 0 saturated carbocycles. The highest BCUT2D eigenvalue weighted by atomic mass is 16.5. The normalized spacial score (nSPS) is 11.2. The number of rotatable bonds is 10. The van der Waals surface area contributed by atoms with E-state index in [1.54, 1.807) is 0 Å². The smallest absolute Gasteiger partial charge is 0.234 e. The first kappa shape index (κ1) is 16.4. The van der Waals surface area contributed by atoms with Crippen LogP contribution in [0.25, 0.3) is 0 Å². The van der Waals surface area contributed by atoms with Crippen molar-refractivity contribution in [2.24, 2.45) is 5.73 Å². The van der Waals surface area contributed by atoms with Gasteiger partial charge in [0.2, 0.25) is 5.91 Å². The van der Waals surface area contributed by atoms with E-state index in [0.717, 1.165) is 19.5 Å². The Hall–Kier alpha value is -0.650. The average molecular weight is 245 g/mol. The minimum Gasteiger partial charge on any atom is -0.379 e. The number of carbonyl (C=O) groups excluding carboxylic acids is 1. The Kier molecular flexibility index (Phi) is 10.1. The van der Waals surface area contributed by atoms with E-state index >= 15 is 0 Å². The lowest BCUT2D eigenvalue weighted by Crippen LogP contribution is -2.39. The Morgan fingerprint density at radius 2 is 2.18 bits per heavy atom. The first-order chi connectivity index (χ1) is 8.10. The van der Waals surface area contributed by atoms with Crippen LogP contribution in [0.5, 0.6) is 0 Å². The molecule has 3 N–H and O–H groups in total. The Balaban J connectivity index is 3.51. The maximum Gasteiger partial charge on any atom is 0.234 e. The molecule has 102 valence electrons. The van der Waals surface area contributed by atoms with Gasteiger partial charge in [0.15, 0.2) is 0 Å². The first-order valence-corrected chi connectivity index (χ1v) is 6.40. The van der Waals surface area contributed by atoms with E-state index in [9.17, 15) is 4.79 Å². The van der Waals surface area contributed by atoms with Gasteiger partial charge in [-0.25, -0.2) is 0 Å². The van der Waals surface area contributed by atoms with Gasteiger partial charge in [-0.1, -0.05) is 6.92 Å². The summed E-state index contributed by atoms with van der Waals surface area (Å²) in [7, 11) is 0. The third kappa shape index (κ3) is 10.2. The molecule has 5 heteroatoms. The van der Waals surface area contributed by atoms with Crippen LogP contribution in [0.4, 0.5) is 0 Å². The van der Waals surface area contributed by atoms with Gasteiger partial charge in [0.1, 0.15) is 0 Å². The highest BCUT2D eigenvalue weighted by Gasteiger charge is 2.07. The van der Waals surface area contributed by atoms with Crippen molar-refractivity contribution < 1.29 is 9.53 Å². The van der Waals surface area contributed by atoms with Crippen molar-refractivity contribution in [1.29, 1.82) is 0 Å². The van der Waals surface area contributed by atoms with Crippen molar-refractivity contribution in [3.8, 4) is 0 Å². The molecule has 17 heavy (non-hydrogen) atoms. The Morgan fingerprint density at radius 1 is 1.47 bits per heavy atom. The van der Waals surface area contributed by atoms with Gasteiger partial charge in [0.25, 0.3) is 0 Å². The average Bonchev–Trinajstić information content (AvgIpc) is 2.27. The number of nitrogens with two attached hydrogens (primary N) is 1. The minimum absolute atomic E-state index is 0.0600. The van der Waals surface area contributed by atoms with Gasteiger partial charge in [-0.15, -0.1) is 0 Å². The van der Waals surface area contributed by atoms with Crippen LogP contribution >= 0.6 is 0 Å². The van der Waals surface area contributed by atoms with Gasteiger partial charge in [-0.3, -0.25) is 9.69 Å². The molecule has 0 saturated heterocycles. The van der Waals surface area contributed by atoms with Gasteiger partial charge < -0.3 is 15.8 Å². The predicted molar refractivity (Wildman–Crippen MR) is 69.9 cm³/mol. The maximum absolute atomic E-state index is 11.5. The molecule has 1 amide bonds. The molecule has 5 nitrogen and oxygen atoms in total. The molecule has 0 unspecified atom stereocenters. The molecule has 0 atom stereocenters. The number of carbonyl (C=O) groups is 1. The second kappa shape index (κ2) is 10.5.